The van der Waals surface area contributed by atoms with Crippen LogP contribution in [0.5, 0.6) is 5.75 Å². The van der Waals surface area contributed by atoms with Crippen molar-refractivity contribution in [3.8, 4) is 5.75 Å². The van der Waals surface area contributed by atoms with Gasteiger partial charge < -0.3 is 20.1 Å². The molecule has 1 saturated heterocycles. The van der Waals surface area contributed by atoms with Gasteiger partial charge in [0.15, 0.2) is 0 Å². The van der Waals surface area contributed by atoms with E-state index in [1.807, 2.05) is 0 Å². The van der Waals surface area contributed by atoms with Crippen molar-refractivity contribution in [1.29, 1.82) is 0 Å². The fraction of sp³-hybridized carbons (Fsp3) is 0.391. The number of carbonyl (C=O) groups is 2. The summed E-state index contributed by atoms with van der Waals surface area (Å²) in [5, 5.41) is 5.71. The van der Waals surface area contributed by atoms with Gasteiger partial charge in [-0.25, -0.2) is 0 Å². The lowest BCUT2D eigenvalue weighted by atomic mass is 10.1. The first-order valence-electron chi connectivity index (χ1n) is 10.2. The number of benzene rings is 2. The highest BCUT2D eigenvalue weighted by atomic mass is 16.5. The van der Waals surface area contributed by atoms with Crippen LogP contribution in [0.3, 0.4) is 0 Å². The fourth-order valence-corrected chi connectivity index (χ4v) is 3.09. The van der Waals surface area contributed by atoms with Crippen molar-refractivity contribution in [3.63, 3.8) is 0 Å². The van der Waals surface area contributed by atoms with Gasteiger partial charge in [0, 0.05) is 30.0 Å². The van der Waals surface area contributed by atoms with Crippen LogP contribution < -0.4 is 15.4 Å². The molecule has 0 spiro atoms. The van der Waals surface area contributed by atoms with Crippen molar-refractivity contribution in [2.45, 2.75) is 38.7 Å². The van der Waals surface area contributed by atoms with E-state index < -0.39 is 0 Å². The summed E-state index contributed by atoms with van der Waals surface area (Å²) < 4.78 is 11.3. The fourth-order valence-electron chi connectivity index (χ4n) is 3.09. The second-order valence-electron chi connectivity index (χ2n) is 7.11. The molecule has 6 heteroatoms. The van der Waals surface area contributed by atoms with Crippen molar-refractivity contribution in [2.75, 3.05) is 25.1 Å². The second-order valence-corrected chi connectivity index (χ2v) is 7.11. The summed E-state index contributed by atoms with van der Waals surface area (Å²) in [6.45, 7) is 4.05. The van der Waals surface area contributed by atoms with E-state index >= 15 is 0 Å². The minimum atomic E-state index is -0.237. The van der Waals surface area contributed by atoms with Crippen molar-refractivity contribution in [3.05, 3.63) is 59.7 Å². The molecule has 1 atom stereocenters. The lowest BCUT2D eigenvalue weighted by molar-refractivity contribution is 0.0679. The average Bonchev–Trinajstić information content (AvgIpc) is 3.26. The summed E-state index contributed by atoms with van der Waals surface area (Å²) in [6, 6.07) is 13.9. The van der Waals surface area contributed by atoms with Crippen LogP contribution in [-0.4, -0.2) is 37.7 Å². The van der Waals surface area contributed by atoms with E-state index in [0.717, 1.165) is 32.3 Å². The first-order chi connectivity index (χ1) is 14.2. The van der Waals surface area contributed by atoms with Gasteiger partial charge in [0.2, 0.25) is 0 Å². The number of anilines is 1. The molecule has 0 radical (unpaired) electrons. The van der Waals surface area contributed by atoms with E-state index in [2.05, 4.69) is 17.6 Å². The van der Waals surface area contributed by atoms with Crippen LogP contribution >= 0.6 is 0 Å². The molecular formula is C23H28N2O4. The third-order valence-corrected chi connectivity index (χ3v) is 4.77. The molecule has 2 aromatic rings. The molecule has 2 aromatic carbocycles. The van der Waals surface area contributed by atoms with Crippen LogP contribution in [0.4, 0.5) is 5.69 Å². The minimum absolute atomic E-state index is 0.137. The summed E-state index contributed by atoms with van der Waals surface area (Å²) >= 11 is 0. The molecule has 0 bridgehead atoms. The van der Waals surface area contributed by atoms with Crippen LogP contribution in [0.1, 0.15) is 53.3 Å². The number of amides is 2. The zero-order valence-electron chi connectivity index (χ0n) is 16.8. The predicted octanol–water partition coefficient (Wildman–Crippen LogP) is 4.03. The summed E-state index contributed by atoms with van der Waals surface area (Å²) in [6.07, 6.45) is 4.22. The van der Waals surface area contributed by atoms with Crippen LogP contribution in [0.15, 0.2) is 48.5 Å². The molecule has 0 saturated carbocycles. The molecule has 2 amide bonds. The molecule has 0 aliphatic carbocycles. The first-order valence-corrected chi connectivity index (χ1v) is 10.2. The summed E-state index contributed by atoms with van der Waals surface area (Å²) in [5.74, 6) is 0.337. The molecule has 0 aromatic heterocycles. The molecule has 3 rings (SSSR count). The third kappa shape index (κ3) is 6.32. The Labute approximate surface area is 171 Å². The minimum Gasteiger partial charge on any atom is -0.491 e. The Morgan fingerprint density at radius 2 is 1.93 bits per heavy atom. The van der Waals surface area contributed by atoms with E-state index in [9.17, 15) is 9.59 Å². The standard InChI is InChI=1S/C23H28N2O4/c1-2-3-13-24-22(26)18-6-4-7-19(15-18)25-23(27)17-9-11-20(12-10-17)29-16-21-8-5-14-28-21/h4,6-7,9-12,15,21H,2-3,5,8,13-14,16H2,1H3,(H,24,26)(H,25,27). The zero-order valence-corrected chi connectivity index (χ0v) is 16.8. The summed E-state index contributed by atoms with van der Waals surface area (Å²) in [5.41, 5.74) is 1.63. The molecule has 6 nitrogen and oxygen atoms in total. The predicted molar refractivity (Wildman–Crippen MR) is 113 cm³/mol. The maximum Gasteiger partial charge on any atom is 0.255 e. The zero-order chi connectivity index (χ0) is 20.5. The van der Waals surface area contributed by atoms with Gasteiger partial charge in [-0.2, -0.15) is 0 Å². The second kappa shape index (κ2) is 10.6. The Morgan fingerprint density at radius 1 is 1.10 bits per heavy atom. The van der Waals surface area contributed by atoms with Crippen molar-refractivity contribution >= 4 is 17.5 Å². The Hall–Kier alpha value is -2.86. The number of unbranched alkanes of at least 4 members (excludes halogenated alkanes) is 1. The molecule has 1 heterocycles. The van der Waals surface area contributed by atoms with E-state index in [1.54, 1.807) is 48.5 Å². The highest BCUT2D eigenvalue weighted by Gasteiger charge is 2.16. The monoisotopic (exact) mass is 396 g/mol. The summed E-state index contributed by atoms with van der Waals surface area (Å²) in [4.78, 5) is 24.7. The number of hydrogen-bond donors (Lipinski definition) is 2. The molecule has 2 N–H and O–H groups in total. The van der Waals surface area contributed by atoms with Gasteiger partial charge in [0.25, 0.3) is 11.8 Å². The van der Waals surface area contributed by atoms with Gasteiger partial charge in [-0.3, -0.25) is 9.59 Å². The Kier molecular flexibility index (Phi) is 7.64. The normalized spacial score (nSPS) is 15.7. The number of rotatable bonds is 9. The van der Waals surface area contributed by atoms with Crippen LogP contribution in [0.2, 0.25) is 0 Å². The molecule has 1 aliphatic rings. The van der Waals surface area contributed by atoms with Crippen LogP contribution in [0.25, 0.3) is 0 Å². The molecule has 1 aliphatic heterocycles. The van der Waals surface area contributed by atoms with E-state index in [4.69, 9.17) is 9.47 Å². The SMILES string of the molecule is CCCCNC(=O)c1cccc(NC(=O)c2ccc(OCC3CCCO3)cc2)c1. The number of ether oxygens (including phenoxy) is 2. The average molecular weight is 396 g/mol. The van der Waals surface area contributed by atoms with Crippen molar-refractivity contribution in [1.82, 2.24) is 5.32 Å². The van der Waals surface area contributed by atoms with Crippen molar-refractivity contribution in [2.24, 2.45) is 0 Å². The maximum atomic E-state index is 12.5. The smallest absolute Gasteiger partial charge is 0.255 e. The third-order valence-electron chi connectivity index (χ3n) is 4.77. The maximum absolute atomic E-state index is 12.5. The van der Waals surface area contributed by atoms with Gasteiger partial charge in [0.1, 0.15) is 12.4 Å². The van der Waals surface area contributed by atoms with Crippen LogP contribution in [-0.2, 0) is 4.74 Å². The van der Waals surface area contributed by atoms with E-state index in [0.29, 0.717) is 35.7 Å². The number of nitrogens with one attached hydrogen (secondary N) is 2. The van der Waals surface area contributed by atoms with Gasteiger partial charge in [-0.05, 0) is 61.7 Å². The van der Waals surface area contributed by atoms with E-state index in [-0.39, 0.29) is 17.9 Å². The van der Waals surface area contributed by atoms with Gasteiger partial charge in [-0.15, -0.1) is 0 Å². The topological polar surface area (TPSA) is 76.7 Å². The molecule has 1 unspecified atom stereocenters. The van der Waals surface area contributed by atoms with Gasteiger partial charge >= 0.3 is 0 Å². The summed E-state index contributed by atoms with van der Waals surface area (Å²) in [7, 11) is 0. The molecule has 1 fully saturated rings. The number of carbonyl (C=O) groups excluding carboxylic acids is 2. The quantitative estimate of drug-likeness (QED) is 0.628. The molecule has 154 valence electrons. The van der Waals surface area contributed by atoms with Gasteiger partial charge in [-0.1, -0.05) is 19.4 Å². The number of hydrogen-bond acceptors (Lipinski definition) is 4. The Balaban J connectivity index is 1.54. The molecular weight excluding hydrogens is 368 g/mol. The molecule has 29 heavy (non-hydrogen) atoms. The first kappa shape index (κ1) is 20.9. The highest BCUT2D eigenvalue weighted by Crippen LogP contribution is 2.18. The lowest BCUT2D eigenvalue weighted by Gasteiger charge is -2.12. The Morgan fingerprint density at radius 3 is 2.66 bits per heavy atom. The van der Waals surface area contributed by atoms with E-state index in [1.165, 1.54) is 0 Å². The highest BCUT2D eigenvalue weighted by molar-refractivity contribution is 6.05. The lowest BCUT2D eigenvalue weighted by Crippen LogP contribution is -2.24. The largest absolute Gasteiger partial charge is 0.491 e. The Bertz CT molecular complexity index is 814. The van der Waals surface area contributed by atoms with Gasteiger partial charge in [0.05, 0.1) is 6.10 Å². The van der Waals surface area contributed by atoms with Crippen LogP contribution in [0, 0.1) is 0 Å². The van der Waals surface area contributed by atoms with Crippen molar-refractivity contribution < 1.29 is 19.1 Å².